The minimum atomic E-state index is -0.515. The molecule has 1 aromatic rings. The number of hydrogen-bond donors (Lipinski definition) is 1. The second-order valence-electron chi connectivity index (χ2n) is 5.20. The standard InChI is InChI=1S/C16H25Cl2NO/c1-3-5-9-19(10-6-4-2)12-16(20)13-7-8-14(17)15(18)11-13/h7-8,11,16,20H,3-6,9-10,12H2,1-2H3/t16-/m1/s1. The number of aliphatic hydroxyl groups is 1. The SMILES string of the molecule is CCCCN(CCCC)C[C@@H](O)c1ccc(Cl)c(Cl)c1. The molecule has 0 radical (unpaired) electrons. The van der Waals surface area contributed by atoms with Crippen LogP contribution in [0.1, 0.15) is 51.2 Å². The van der Waals surface area contributed by atoms with Gasteiger partial charge < -0.3 is 10.0 Å². The molecule has 0 aliphatic rings. The fourth-order valence-corrected chi connectivity index (χ4v) is 2.43. The molecule has 0 aliphatic heterocycles. The molecule has 0 saturated heterocycles. The van der Waals surface area contributed by atoms with Gasteiger partial charge in [-0.15, -0.1) is 0 Å². The van der Waals surface area contributed by atoms with Crippen molar-refractivity contribution in [1.82, 2.24) is 4.90 Å². The van der Waals surface area contributed by atoms with Gasteiger partial charge in [0.05, 0.1) is 16.1 Å². The van der Waals surface area contributed by atoms with E-state index >= 15 is 0 Å². The highest BCUT2D eigenvalue weighted by Crippen LogP contribution is 2.26. The summed E-state index contributed by atoms with van der Waals surface area (Å²) in [7, 11) is 0. The van der Waals surface area contributed by atoms with Crippen molar-refractivity contribution in [2.24, 2.45) is 0 Å². The van der Waals surface area contributed by atoms with E-state index in [1.54, 1.807) is 12.1 Å². The van der Waals surface area contributed by atoms with Gasteiger partial charge in [0.1, 0.15) is 0 Å². The maximum Gasteiger partial charge on any atom is 0.0917 e. The monoisotopic (exact) mass is 317 g/mol. The predicted octanol–water partition coefficient (Wildman–Crippen LogP) is 4.93. The molecule has 0 fully saturated rings. The van der Waals surface area contributed by atoms with E-state index in [4.69, 9.17) is 23.2 Å². The molecule has 1 aromatic carbocycles. The number of benzene rings is 1. The lowest BCUT2D eigenvalue weighted by molar-refractivity contribution is 0.111. The lowest BCUT2D eigenvalue weighted by Gasteiger charge is -2.25. The molecule has 0 heterocycles. The third-order valence-corrected chi connectivity index (χ3v) is 4.15. The van der Waals surface area contributed by atoms with Crippen molar-refractivity contribution in [3.8, 4) is 0 Å². The first-order chi connectivity index (χ1) is 9.58. The zero-order valence-electron chi connectivity index (χ0n) is 12.4. The Morgan fingerprint density at radius 1 is 1.05 bits per heavy atom. The summed E-state index contributed by atoms with van der Waals surface area (Å²) in [6.07, 6.45) is 4.16. The quantitative estimate of drug-likeness (QED) is 0.698. The van der Waals surface area contributed by atoms with Gasteiger partial charge in [-0.25, -0.2) is 0 Å². The fourth-order valence-electron chi connectivity index (χ4n) is 2.13. The Balaban J connectivity index is 2.62. The maximum absolute atomic E-state index is 10.4. The van der Waals surface area contributed by atoms with Crippen LogP contribution in [0.15, 0.2) is 18.2 Å². The molecule has 1 N–H and O–H groups in total. The van der Waals surface area contributed by atoms with E-state index in [-0.39, 0.29) is 0 Å². The first kappa shape index (κ1) is 17.8. The summed E-state index contributed by atoms with van der Waals surface area (Å²) in [6, 6.07) is 5.34. The van der Waals surface area contributed by atoms with Gasteiger partial charge in [-0.1, -0.05) is 56.0 Å². The molecule has 1 atom stereocenters. The number of halogens is 2. The van der Waals surface area contributed by atoms with Crippen molar-refractivity contribution in [2.75, 3.05) is 19.6 Å². The highest BCUT2D eigenvalue weighted by molar-refractivity contribution is 6.42. The van der Waals surface area contributed by atoms with Crippen LogP contribution in [0.5, 0.6) is 0 Å². The Hall–Kier alpha value is -0.280. The van der Waals surface area contributed by atoms with Crippen LogP contribution in [-0.4, -0.2) is 29.6 Å². The minimum Gasteiger partial charge on any atom is -0.387 e. The summed E-state index contributed by atoms with van der Waals surface area (Å²) in [6.45, 7) is 7.10. The van der Waals surface area contributed by atoms with Crippen molar-refractivity contribution in [3.63, 3.8) is 0 Å². The molecule has 2 nitrogen and oxygen atoms in total. The Morgan fingerprint density at radius 2 is 1.65 bits per heavy atom. The molecule has 4 heteroatoms. The molecule has 0 aliphatic carbocycles. The zero-order chi connectivity index (χ0) is 15.0. The van der Waals surface area contributed by atoms with Crippen LogP contribution in [0.25, 0.3) is 0 Å². The van der Waals surface area contributed by atoms with Crippen molar-refractivity contribution >= 4 is 23.2 Å². The van der Waals surface area contributed by atoms with Gasteiger partial charge in [-0.3, -0.25) is 0 Å². The summed E-state index contributed by atoms with van der Waals surface area (Å²) in [5.41, 5.74) is 0.831. The molecule has 1 rings (SSSR count). The Kier molecular flexibility index (Phi) is 8.55. The molecule has 0 spiro atoms. The van der Waals surface area contributed by atoms with E-state index in [0.717, 1.165) is 31.5 Å². The average molecular weight is 318 g/mol. The van der Waals surface area contributed by atoms with Crippen LogP contribution in [0.4, 0.5) is 0 Å². The third kappa shape index (κ3) is 6.01. The number of unbranched alkanes of at least 4 members (excludes halogenated alkanes) is 2. The van der Waals surface area contributed by atoms with Crippen LogP contribution >= 0.6 is 23.2 Å². The maximum atomic E-state index is 10.4. The van der Waals surface area contributed by atoms with Crippen LogP contribution in [0, 0.1) is 0 Å². The number of rotatable bonds is 9. The molecule has 20 heavy (non-hydrogen) atoms. The van der Waals surface area contributed by atoms with Crippen LogP contribution in [0.2, 0.25) is 10.0 Å². The zero-order valence-corrected chi connectivity index (χ0v) is 13.9. The second-order valence-corrected chi connectivity index (χ2v) is 6.01. The molecule has 0 unspecified atom stereocenters. The molecule has 0 aromatic heterocycles. The molecule has 0 bridgehead atoms. The topological polar surface area (TPSA) is 23.5 Å². The summed E-state index contributed by atoms with van der Waals surface area (Å²) < 4.78 is 0. The van der Waals surface area contributed by atoms with Gasteiger partial charge in [0.2, 0.25) is 0 Å². The van der Waals surface area contributed by atoms with Gasteiger partial charge in [-0.05, 0) is 43.6 Å². The lowest BCUT2D eigenvalue weighted by atomic mass is 10.1. The van der Waals surface area contributed by atoms with Gasteiger partial charge in [-0.2, -0.15) is 0 Å². The van der Waals surface area contributed by atoms with Gasteiger partial charge in [0, 0.05) is 6.54 Å². The highest BCUT2D eigenvalue weighted by atomic mass is 35.5. The van der Waals surface area contributed by atoms with Crippen LogP contribution in [-0.2, 0) is 0 Å². The minimum absolute atomic E-state index is 0.497. The summed E-state index contributed by atoms with van der Waals surface area (Å²) in [5.74, 6) is 0. The van der Waals surface area contributed by atoms with Gasteiger partial charge in [0.25, 0.3) is 0 Å². The van der Waals surface area contributed by atoms with Crippen LogP contribution in [0.3, 0.4) is 0 Å². The smallest absolute Gasteiger partial charge is 0.0917 e. The predicted molar refractivity (Wildman–Crippen MR) is 87.7 cm³/mol. The number of nitrogens with zero attached hydrogens (tertiary/aromatic N) is 1. The van der Waals surface area contributed by atoms with Gasteiger partial charge in [0.15, 0.2) is 0 Å². The normalized spacial score (nSPS) is 12.9. The van der Waals surface area contributed by atoms with E-state index in [2.05, 4.69) is 18.7 Å². The Bertz CT molecular complexity index is 390. The summed E-state index contributed by atoms with van der Waals surface area (Å²) in [5, 5.41) is 11.4. The highest BCUT2D eigenvalue weighted by Gasteiger charge is 2.14. The Morgan fingerprint density at radius 3 is 2.15 bits per heavy atom. The van der Waals surface area contributed by atoms with Crippen molar-refractivity contribution in [1.29, 1.82) is 0 Å². The van der Waals surface area contributed by atoms with Crippen molar-refractivity contribution in [2.45, 2.75) is 45.6 Å². The van der Waals surface area contributed by atoms with Crippen LogP contribution < -0.4 is 0 Å². The van der Waals surface area contributed by atoms with E-state index in [1.807, 2.05) is 6.07 Å². The average Bonchev–Trinajstić information content (AvgIpc) is 2.44. The van der Waals surface area contributed by atoms with E-state index in [0.29, 0.717) is 16.6 Å². The van der Waals surface area contributed by atoms with Crippen molar-refractivity contribution < 1.29 is 5.11 Å². The van der Waals surface area contributed by atoms with Crippen molar-refractivity contribution in [3.05, 3.63) is 33.8 Å². The Labute approximate surface area is 132 Å². The van der Waals surface area contributed by atoms with E-state index in [1.165, 1.54) is 12.8 Å². The first-order valence-electron chi connectivity index (χ1n) is 7.43. The molecular formula is C16H25Cl2NO. The first-order valence-corrected chi connectivity index (χ1v) is 8.19. The number of aliphatic hydroxyl groups excluding tert-OH is 1. The van der Waals surface area contributed by atoms with Gasteiger partial charge >= 0.3 is 0 Å². The summed E-state index contributed by atoms with van der Waals surface area (Å²) in [4.78, 5) is 2.33. The molecular weight excluding hydrogens is 293 g/mol. The second kappa shape index (κ2) is 9.62. The summed E-state index contributed by atoms with van der Waals surface area (Å²) >= 11 is 11.9. The number of hydrogen-bond acceptors (Lipinski definition) is 2. The molecule has 0 amide bonds. The van der Waals surface area contributed by atoms with E-state index < -0.39 is 6.10 Å². The fraction of sp³-hybridized carbons (Fsp3) is 0.625. The molecule has 0 saturated carbocycles. The third-order valence-electron chi connectivity index (χ3n) is 3.42. The lowest BCUT2D eigenvalue weighted by Crippen LogP contribution is -2.30. The molecule has 114 valence electrons. The van der Waals surface area contributed by atoms with E-state index in [9.17, 15) is 5.11 Å². The largest absolute Gasteiger partial charge is 0.387 e.